The standard InChI is InChI=1S/C31H35N5O4/c1-6-36-25-10-9-21(17-26(25)34(5)29(38)31(3,4)30(36)39)18-33-24(22-8-7-13-32-19-22)11-14-35-15-12-27-23(28(35)37)16-20(2)40-27/h7-10,12-13,15-17,19,24,33H,6,11,14,18H2,1-5H3. The molecule has 0 aliphatic carbocycles. The van der Waals surface area contributed by atoms with Gasteiger partial charge in [-0.05, 0) is 75.6 Å². The van der Waals surface area contributed by atoms with Gasteiger partial charge in [0.1, 0.15) is 16.8 Å². The Kier molecular flexibility index (Phi) is 7.33. The fourth-order valence-corrected chi connectivity index (χ4v) is 5.41. The van der Waals surface area contributed by atoms with Crippen LogP contribution in [0.25, 0.3) is 11.0 Å². The van der Waals surface area contributed by atoms with Crippen molar-refractivity contribution < 1.29 is 14.0 Å². The molecular formula is C31H35N5O4. The average Bonchev–Trinajstić information content (AvgIpc) is 3.33. The van der Waals surface area contributed by atoms with Crippen LogP contribution in [0, 0.1) is 12.3 Å². The van der Waals surface area contributed by atoms with Gasteiger partial charge in [-0.3, -0.25) is 19.4 Å². The van der Waals surface area contributed by atoms with E-state index in [1.807, 2.05) is 56.4 Å². The Bertz CT molecular complexity index is 1620. The van der Waals surface area contributed by atoms with Gasteiger partial charge in [-0.2, -0.15) is 0 Å². The van der Waals surface area contributed by atoms with Crippen LogP contribution in [0.2, 0.25) is 0 Å². The summed E-state index contributed by atoms with van der Waals surface area (Å²) in [7, 11) is 1.72. The maximum atomic E-state index is 13.2. The van der Waals surface area contributed by atoms with Gasteiger partial charge in [0.05, 0.1) is 16.8 Å². The third-order valence-electron chi connectivity index (χ3n) is 7.71. The van der Waals surface area contributed by atoms with Gasteiger partial charge in [0, 0.05) is 51.3 Å². The van der Waals surface area contributed by atoms with Crippen LogP contribution in [0.5, 0.6) is 0 Å². The van der Waals surface area contributed by atoms with E-state index in [4.69, 9.17) is 4.42 Å². The summed E-state index contributed by atoms with van der Waals surface area (Å²) in [5.74, 6) is 0.276. The summed E-state index contributed by atoms with van der Waals surface area (Å²) >= 11 is 0. The minimum absolute atomic E-state index is 0.0734. The number of pyridine rings is 2. The highest BCUT2D eigenvalue weighted by Gasteiger charge is 2.45. The smallest absolute Gasteiger partial charge is 0.261 e. The van der Waals surface area contributed by atoms with Crippen molar-refractivity contribution in [3.63, 3.8) is 0 Å². The molecule has 3 aromatic heterocycles. The number of hydrogen-bond donors (Lipinski definition) is 1. The number of amides is 2. The number of aryl methyl sites for hydroxylation is 2. The van der Waals surface area contributed by atoms with Gasteiger partial charge < -0.3 is 24.1 Å². The molecule has 1 atom stereocenters. The van der Waals surface area contributed by atoms with Gasteiger partial charge in [-0.25, -0.2) is 0 Å². The van der Waals surface area contributed by atoms with Gasteiger partial charge >= 0.3 is 0 Å². The summed E-state index contributed by atoms with van der Waals surface area (Å²) in [6.45, 7) is 8.61. The van der Waals surface area contributed by atoms with Crippen molar-refractivity contribution in [3.8, 4) is 0 Å². The van der Waals surface area contributed by atoms with Crippen molar-refractivity contribution in [2.75, 3.05) is 23.4 Å². The number of hydrogen-bond acceptors (Lipinski definition) is 6. The molecule has 0 fully saturated rings. The van der Waals surface area contributed by atoms with E-state index in [1.54, 1.807) is 53.7 Å². The van der Waals surface area contributed by atoms with E-state index in [9.17, 15) is 14.4 Å². The normalized spacial score (nSPS) is 15.8. The molecule has 9 heteroatoms. The second kappa shape index (κ2) is 10.7. The van der Waals surface area contributed by atoms with E-state index >= 15 is 0 Å². The molecule has 4 heterocycles. The average molecular weight is 542 g/mol. The maximum Gasteiger partial charge on any atom is 0.261 e. The second-order valence-corrected chi connectivity index (χ2v) is 10.8. The van der Waals surface area contributed by atoms with Gasteiger partial charge in [-0.15, -0.1) is 0 Å². The number of nitrogens with one attached hydrogen (secondary N) is 1. The number of fused-ring (bicyclic) bond motifs is 2. The monoisotopic (exact) mass is 541 g/mol. The molecule has 9 nitrogen and oxygen atoms in total. The number of furan rings is 1. The molecule has 0 bridgehead atoms. The predicted octanol–water partition coefficient (Wildman–Crippen LogP) is 4.57. The first-order valence-electron chi connectivity index (χ1n) is 13.6. The molecule has 0 spiro atoms. The predicted molar refractivity (Wildman–Crippen MR) is 155 cm³/mol. The number of rotatable bonds is 8. The molecule has 4 aromatic rings. The molecule has 1 aromatic carbocycles. The summed E-state index contributed by atoms with van der Waals surface area (Å²) < 4.78 is 7.31. The largest absolute Gasteiger partial charge is 0.461 e. The number of carbonyl (C=O) groups is 2. The first kappa shape index (κ1) is 27.3. The quantitative estimate of drug-likeness (QED) is 0.328. The Balaban J connectivity index is 1.39. The number of anilines is 2. The summed E-state index contributed by atoms with van der Waals surface area (Å²) in [4.78, 5) is 47.0. The number of aromatic nitrogens is 2. The summed E-state index contributed by atoms with van der Waals surface area (Å²) in [6, 6.07) is 13.3. The van der Waals surface area contributed by atoms with E-state index in [0.29, 0.717) is 48.5 Å². The van der Waals surface area contributed by atoms with Crippen molar-refractivity contribution in [2.45, 2.75) is 53.2 Å². The van der Waals surface area contributed by atoms with Crippen LogP contribution >= 0.6 is 0 Å². The maximum absolute atomic E-state index is 13.2. The molecular weight excluding hydrogens is 506 g/mol. The lowest BCUT2D eigenvalue weighted by atomic mass is 9.90. The van der Waals surface area contributed by atoms with Gasteiger partial charge in [-0.1, -0.05) is 12.1 Å². The van der Waals surface area contributed by atoms with Gasteiger partial charge in [0.15, 0.2) is 0 Å². The number of benzene rings is 1. The third kappa shape index (κ3) is 4.93. The SMILES string of the molecule is CCN1C(=O)C(C)(C)C(=O)N(C)c2cc(CNC(CCn3ccc4oc(C)cc4c3=O)c3cccnc3)ccc21. The summed E-state index contributed by atoms with van der Waals surface area (Å²) in [6.07, 6.45) is 6.00. The summed E-state index contributed by atoms with van der Waals surface area (Å²) in [5.41, 5.74) is 2.80. The zero-order valence-electron chi connectivity index (χ0n) is 23.6. The lowest BCUT2D eigenvalue weighted by molar-refractivity contribution is -0.137. The van der Waals surface area contributed by atoms with E-state index < -0.39 is 5.41 Å². The van der Waals surface area contributed by atoms with Gasteiger partial charge in [0.25, 0.3) is 5.56 Å². The van der Waals surface area contributed by atoms with Crippen molar-refractivity contribution >= 4 is 34.2 Å². The highest BCUT2D eigenvalue weighted by molar-refractivity contribution is 6.19. The van der Waals surface area contributed by atoms with Crippen molar-refractivity contribution in [3.05, 3.63) is 88.3 Å². The first-order valence-corrected chi connectivity index (χ1v) is 13.6. The van der Waals surface area contributed by atoms with Crippen LogP contribution in [-0.2, 0) is 22.7 Å². The number of nitrogens with zero attached hydrogens (tertiary/aromatic N) is 4. The molecule has 0 saturated carbocycles. The van der Waals surface area contributed by atoms with Crippen molar-refractivity contribution in [2.24, 2.45) is 5.41 Å². The van der Waals surface area contributed by atoms with Crippen LogP contribution in [-0.4, -0.2) is 35.0 Å². The molecule has 1 aliphatic heterocycles. The molecule has 1 unspecified atom stereocenters. The van der Waals surface area contributed by atoms with Crippen LogP contribution in [0.1, 0.15) is 50.1 Å². The fraction of sp³-hybridized carbons (Fsp3) is 0.355. The Morgan fingerprint density at radius 1 is 1.05 bits per heavy atom. The van der Waals surface area contributed by atoms with Crippen molar-refractivity contribution in [1.82, 2.24) is 14.9 Å². The topological polar surface area (TPSA) is 101 Å². The molecule has 0 radical (unpaired) electrons. The lowest BCUT2D eigenvalue weighted by Gasteiger charge is -2.27. The number of carbonyl (C=O) groups excluding carboxylic acids is 2. The zero-order chi connectivity index (χ0) is 28.6. The molecule has 1 aliphatic rings. The Morgan fingerprint density at radius 3 is 2.58 bits per heavy atom. The van der Waals surface area contributed by atoms with E-state index in [2.05, 4.69) is 10.3 Å². The second-order valence-electron chi connectivity index (χ2n) is 10.8. The Morgan fingerprint density at radius 2 is 1.85 bits per heavy atom. The minimum atomic E-state index is -1.15. The van der Waals surface area contributed by atoms with Crippen LogP contribution < -0.4 is 20.7 Å². The van der Waals surface area contributed by atoms with Gasteiger partial charge in [0.2, 0.25) is 11.8 Å². The van der Waals surface area contributed by atoms with Crippen LogP contribution in [0.4, 0.5) is 11.4 Å². The third-order valence-corrected chi connectivity index (χ3v) is 7.71. The molecule has 208 valence electrons. The molecule has 0 saturated heterocycles. The Labute approximate surface area is 233 Å². The van der Waals surface area contributed by atoms with Crippen LogP contribution in [0.15, 0.2) is 70.3 Å². The van der Waals surface area contributed by atoms with Crippen LogP contribution in [0.3, 0.4) is 0 Å². The van der Waals surface area contributed by atoms with Crippen molar-refractivity contribution in [1.29, 1.82) is 0 Å². The van der Waals surface area contributed by atoms with E-state index in [1.165, 1.54) is 0 Å². The zero-order valence-corrected chi connectivity index (χ0v) is 23.6. The first-order chi connectivity index (χ1) is 19.1. The molecule has 5 rings (SSSR count). The minimum Gasteiger partial charge on any atom is -0.461 e. The van der Waals surface area contributed by atoms with E-state index in [0.717, 1.165) is 16.8 Å². The molecule has 2 amide bonds. The summed E-state index contributed by atoms with van der Waals surface area (Å²) in [5, 5.41) is 4.20. The van der Waals surface area contributed by atoms with E-state index in [-0.39, 0.29) is 23.4 Å². The molecule has 1 N–H and O–H groups in total. The highest BCUT2D eigenvalue weighted by Crippen LogP contribution is 2.38. The molecule has 40 heavy (non-hydrogen) atoms. The lowest BCUT2D eigenvalue weighted by Crippen LogP contribution is -2.47. The highest BCUT2D eigenvalue weighted by atomic mass is 16.3. The fourth-order valence-electron chi connectivity index (χ4n) is 5.41. The Hall–Kier alpha value is -4.24.